The van der Waals surface area contributed by atoms with Gasteiger partial charge in [-0.1, -0.05) is 6.92 Å². The van der Waals surface area contributed by atoms with Gasteiger partial charge in [0.1, 0.15) is 11.9 Å². The maximum Gasteiger partial charge on any atom is 0.226 e. The van der Waals surface area contributed by atoms with E-state index in [0.29, 0.717) is 25.3 Å². The highest BCUT2D eigenvalue weighted by Crippen LogP contribution is 2.48. The van der Waals surface area contributed by atoms with Crippen LogP contribution in [0.1, 0.15) is 57.1 Å². The van der Waals surface area contributed by atoms with Gasteiger partial charge in [0, 0.05) is 55.8 Å². The van der Waals surface area contributed by atoms with E-state index in [1.54, 1.807) is 12.0 Å². The van der Waals surface area contributed by atoms with E-state index in [-0.39, 0.29) is 54.6 Å². The van der Waals surface area contributed by atoms with E-state index < -0.39 is 8.32 Å². The van der Waals surface area contributed by atoms with Crippen LogP contribution in [0.25, 0.3) is 0 Å². The van der Waals surface area contributed by atoms with Crippen LogP contribution in [0, 0.1) is 5.92 Å². The van der Waals surface area contributed by atoms with Gasteiger partial charge in [-0.15, -0.1) is 0 Å². The molecule has 35 heavy (non-hydrogen) atoms. The first kappa shape index (κ1) is 26.1. The summed E-state index contributed by atoms with van der Waals surface area (Å²) < 4.78 is 12.5. The molecule has 3 heterocycles. The number of hydrogen-bond acceptors (Lipinski definition) is 6. The van der Waals surface area contributed by atoms with E-state index in [4.69, 9.17) is 9.47 Å². The van der Waals surface area contributed by atoms with E-state index in [0.717, 1.165) is 36.9 Å². The molecular weight excluding hydrogens is 464 g/mol. The molecule has 0 aliphatic carbocycles. The molecule has 2 N–H and O–H groups in total. The minimum atomic E-state index is -2.82. The number of carbonyl (C=O) groups is 2. The van der Waals surface area contributed by atoms with Gasteiger partial charge in [0.25, 0.3) is 0 Å². The summed E-state index contributed by atoms with van der Waals surface area (Å²) >= 11 is 0. The van der Waals surface area contributed by atoms with Crippen molar-refractivity contribution in [1.82, 2.24) is 4.90 Å². The van der Waals surface area contributed by atoms with E-state index in [1.165, 1.54) is 0 Å². The molecule has 2 saturated heterocycles. The number of aliphatic hydroxyl groups is 1. The van der Waals surface area contributed by atoms with Gasteiger partial charge in [-0.05, 0) is 57.0 Å². The van der Waals surface area contributed by atoms with E-state index in [1.807, 2.05) is 43.1 Å². The zero-order valence-corrected chi connectivity index (χ0v) is 22.4. The van der Waals surface area contributed by atoms with Crippen molar-refractivity contribution in [3.63, 3.8) is 0 Å². The molecule has 3 aliphatic rings. The Labute approximate surface area is 209 Å². The normalized spacial score (nSPS) is 28.0. The lowest BCUT2D eigenvalue weighted by Gasteiger charge is -2.44. The summed E-state index contributed by atoms with van der Waals surface area (Å²) in [4.78, 5) is 40.6. The number of anilines is 1. The molecule has 1 unspecified atom stereocenters. The van der Waals surface area contributed by atoms with Gasteiger partial charge in [0.2, 0.25) is 11.8 Å². The summed E-state index contributed by atoms with van der Waals surface area (Å²) in [6.45, 7) is 7.09. The molecule has 0 saturated carbocycles. The Kier molecular flexibility index (Phi) is 7.90. The number of piperidine rings is 1. The van der Waals surface area contributed by atoms with Crippen molar-refractivity contribution in [2.75, 3.05) is 31.7 Å². The number of aliphatic hydroxyl groups excluding tert-OH is 1. The van der Waals surface area contributed by atoms with Crippen molar-refractivity contribution in [2.24, 2.45) is 5.92 Å². The highest BCUT2D eigenvalue weighted by molar-refractivity contribution is 6.71. The van der Waals surface area contributed by atoms with E-state index in [2.05, 4.69) is 0 Å². The first-order valence-corrected chi connectivity index (χ1v) is 15.9. The quantitative estimate of drug-likeness (QED) is 0.553. The van der Waals surface area contributed by atoms with E-state index in [9.17, 15) is 19.5 Å². The molecule has 9 heteroatoms. The van der Waals surface area contributed by atoms with Crippen LogP contribution in [0.3, 0.4) is 0 Å². The number of amides is 2. The predicted molar refractivity (Wildman–Crippen MR) is 136 cm³/mol. The predicted octanol–water partition coefficient (Wildman–Crippen LogP) is 3.23. The standard InChI is InChI=1S/C26H40N2O6Si/c1-17-25(33-2)20-14-18(27-12-6-5-9-23(27)30)10-11-21(20)34-26(17)22(35(3,4)32)15-24(31)28-13-7-8-19(28)16-29/h10-11,14,17,19,22,25-26,29,32H,5-9,12-13,15-16H2,1-4H3/t17-,19+,22?,25-,26-/m1/s1. The second-order valence-electron chi connectivity index (χ2n) is 10.9. The zero-order chi connectivity index (χ0) is 25.3. The lowest BCUT2D eigenvalue weighted by molar-refractivity contribution is -0.133. The monoisotopic (exact) mass is 504 g/mol. The number of benzene rings is 1. The second-order valence-corrected chi connectivity index (χ2v) is 14.9. The van der Waals surface area contributed by atoms with Gasteiger partial charge in [0.15, 0.2) is 8.32 Å². The summed E-state index contributed by atoms with van der Waals surface area (Å²) in [7, 11) is -1.15. The molecular formula is C26H40N2O6Si. The van der Waals surface area contributed by atoms with Gasteiger partial charge in [-0.2, -0.15) is 0 Å². The zero-order valence-electron chi connectivity index (χ0n) is 21.4. The molecule has 194 valence electrons. The van der Waals surface area contributed by atoms with Gasteiger partial charge < -0.3 is 29.2 Å². The molecule has 0 spiro atoms. The van der Waals surface area contributed by atoms with Crippen LogP contribution < -0.4 is 9.64 Å². The van der Waals surface area contributed by atoms with E-state index >= 15 is 0 Å². The van der Waals surface area contributed by atoms with Gasteiger partial charge in [-0.3, -0.25) is 9.59 Å². The summed E-state index contributed by atoms with van der Waals surface area (Å²) in [6.07, 6.45) is 3.71. The topological polar surface area (TPSA) is 99.5 Å². The summed E-state index contributed by atoms with van der Waals surface area (Å²) in [5.74, 6) is 0.681. The molecule has 1 aromatic carbocycles. The minimum Gasteiger partial charge on any atom is -0.490 e. The van der Waals surface area contributed by atoms with Crippen molar-refractivity contribution in [3.8, 4) is 5.75 Å². The number of nitrogens with zero attached hydrogens (tertiary/aromatic N) is 2. The summed E-state index contributed by atoms with van der Waals surface area (Å²) in [6, 6.07) is 5.67. The molecule has 4 rings (SSSR count). The fraction of sp³-hybridized carbons (Fsp3) is 0.692. The number of rotatable bonds is 7. The third kappa shape index (κ3) is 5.28. The van der Waals surface area contributed by atoms with Gasteiger partial charge in [-0.25, -0.2) is 0 Å². The summed E-state index contributed by atoms with van der Waals surface area (Å²) in [5, 5.41) is 9.68. The smallest absolute Gasteiger partial charge is 0.226 e. The van der Waals surface area contributed by atoms with Crippen molar-refractivity contribution in [1.29, 1.82) is 0 Å². The number of carbonyl (C=O) groups excluding carboxylic acids is 2. The number of likely N-dealkylation sites (tertiary alicyclic amines) is 1. The molecule has 2 fully saturated rings. The molecule has 0 radical (unpaired) electrons. The highest BCUT2D eigenvalue weighted by Gasteiger charge is 2.48. The average molecular weight is 505 g/mol. The van der Waals surface area contributed by atoms with Crippen molar-refractivity contribution >= 4 is 25.8 Å². The Balaban J connectivity index is 1.61. The van der Waals surface area contributed by atoms with Gasteiger partial charge >= 0.3 is 0 Å². The third-order valence-electron chi connectivity index (χ3n) is 8.05. The van der Waals surface area contributed by atoms with Crippen LogP contribution >= 0.6 is 0 Å². The Morgan fingerprint density at radius 2 is 2.03 bits per heavy atom. The van der Waals surface area contributed by atoms with Crippen LogP contribution in [-0.4, -0.2) is 73.9 Å². The Morgan fingerprint density at radius 3 is 2.69 bits per heavy atom. The third-order valence-corrected chi connectivity index (χ3v) is 10.4. The highest BCUT2D eigenvalue weighted by atomic mass is 28.4. The maximum absolute atomic E-state index is 13.3. The van der Waals surface area contributed by atoms with Crippen LogP contribution in [0.2, 0.25) is 18.6 Å². The number of methoxy groups -OCH3 is 1. The van der Waals surface area contributed by atoms with Crippen molar-refractivity contribution in [2.45, 2.75) is 82.3 Å². The molecule has 3 aliphatic heterocycles. The molecule has 8 nitrogen and oxygen atoms in total. The lowest BCUT2D eigenvalue weighted by atomic mass is 9.86. The average Bonchev–Trinajstić information content (AvgIpc) is 3.31. The largest absolute Gasteiger partial charge is 0.490 e. The molecule has 0 bridgehead atoms. The first-order chi connectivity index (χ1) is 16.7. The maximum atomic E-state index is 13.3. The van der Waals surface area contributed by atoms with Crippen LogP contribution in [-0.2, 0) is 14.3 Å². The van der Waals surface area contributed by atoms with Crippen LogP contribution in [0.15, 0.2) is 18.2 Å². The van der Waals surface area contributed by atoms with Crippen LogP contribution in [0.5, 0.6) is 5.75 Å². The Hall–Kier alpha value is -1.94. The molecule has 5 atom stereocenters. The first-order valence-electron chi connectivity index (χ1n) is 12.9. The Bertz CT molecular complexity index is 935. The Morgan fingerprint density at radius 1 is 1.26 bits per heavy atom. The second kappa shape index (κ2) is 10.6. The molecule has 1 aromatic rings. The van der Waals surface area contributed by atoms with Crippen molar-refractivity contribution in [3.05, 3.63) is 23.8 Å². The SMILES string of the molecule is CO[C@H]1c2cc(N3CCCCC3=O)ccc2O[C@@H](C(CC(=O)N2CCC[C@H]2CO)[Si](C)(C)O)[C@@H]1C. The molecule has 2 amide bonds. The van der Waals surface area contributed by atoms with Crippen molar-refractivity contribution < 1.29 is 29.0 Å². The minimum absolute atomic E-state index is 0.0318. The van der Waals surface area contributed by atoms with Crippen LogP contribution in [0.4, 0.5) is 5.69 Å². The fourth-order valence-electron chi connectivity index (χ4n) is 6.04. The number of hydrogen-bond donors (Lipinski definition) is 2. The number of fused-ring (bicyclic) bond motifs is 1. The lowest BCUT2D eigenvalue weighted by Crippen LogP contribution is -2.50. The molecule has 0 aromatic heterocycles. The summed E-state index contributed by atoms with van der Waals surface area (Å²) in [5.41, 5.74) is 1.42. The van der Waals surface area contributed by atoms with Gasteiger partial charge in [0.05, 0.1) is 18.8 Å². The number of ether oxygens (including phenoxy) is 2. The fourth-order valence-corrected chi connectivity index (χ4v) is 7.89.